The molecule has 1 fully saturated rings. The molecule has 11 heteroatoms. The predicted molar refractivity (Wildman–Crippen MR) is 103 cm³/mol. The number of benzene rings is 2. The highest BCUT2D eigenvalue weighted by atomic mass is 32.2. The Kier molecular flexibility index (Phi) is 5.08. The second-order valence-electron chi connectivity index (χ2n) is 6.62. The fourth-order valence-corrected chi connectivity index (χ4v) is 4.91. The fraction of sp³-hybridized carbons (Fsp3) is 0.235. The van der Waals surface area contributed by atoms with Crippen molar-refractivity contribution in [2.75, 3.05) is 10.8 Å². The molecule has 3 rings (SSSR count). The standard InChI is InChI=1S/C17H19N3O6S2/c1-11-2-4-13(14(6-11)10-27(18,23)24)7-12-3-5-15(16(21)8-12)20-9-17(22)19-28(20,25)26/h2-6,8,21H,7,9-10H2,1H3,(H,19,22)(H2,18,23,24). The van der Waals surface area contributed by atoms with Crippen LogP contribution in [0.3, 0.4) is 0 Å². The number of rotatable bonds is 5. The van der Waals surface area contributed by atoms with Gasteiger partial charge >= 0.3 is 10.2 Å². The second-order valence-corrected chi connectivity index (χ2v) is 9.83. The van der Waals surface area contributed by atoms with Gasteiger partial charge in [0.25, 0.3) is 5.91 Å². The number of primary sulfonamides is 1. The summed E-state index contributed by atoms with van der Waals surface area (Å²) in [6.07, 6.45) is 0.308. The number of amides is 1. The van der Waals surface area contributed by atoms with Crippen LogP contribution in [0.5, 0.6) is 5.75 Å². The van der Waals surface area contributed by atoms with Gasteiger partial charge in [0.2, 0.25) is 10.0 Å². The number of hydrogen-bond donors (Lipinski definition) is 3. The maximum Gasteiger partial charge on any atom is 0.326 e. The van der Waals surface area contributed by atoms with E-state index in [9.17, 15) is 26.7 Å². The molecule has 0 aliphatic carbocycles. The number of phenolic OH excluding ortho intramolecular Hbond substituents is 1. The van der Waals surface area contributed by atoms with Crippen LogP contribution < -0.4 is 14.2 Å². The first kappa shape index (κ1) is 20.1. The van der Waals surface area contributed by atoms with Crippen LogP contribution in [-0.2, 0) is 37.2 Å². The molecular weight excluding hydrogens is 406 g/mol. The molecule has 0 bridgehead atoms. The Morgan fingerprint density at radius 3 is 2.46 bits per heavy atom. The number of sulfonamides is 1. The minimum absolute atomic E-state index is 0.0178. The molecule has 1 amide bonds. The molecule has 1 aliphatic heterocycles. The zero-order valence-electron chi connectivity index (χ0n) is 14.9. The van der Waals surface area contributed by atoms with Gasteiger partial charge < -0.3 is 5.11 Å². The van der Waals surface area contributed by atoms with E-state index in [1.807, 2.05) is 17.7 Å². The number of nitrogens with one attached hydrogen (secondary N) is 1. The van der Waals surface area contributed by atoms with E-state index >= 15 is 0 Å². The predicted octanol–water partition coefficient (Wildman–Crippen LogP) is 0.261. The average molecular weight is 425 g/mol. The van der Waals surface area contributed by atoms with Gasteiger partial charge in [0.1, 0.15) is 12.3 Å². The molecule has 0 spiro atoms. The lowest BCUT2D eigenvalue weighted by atomic mass is 9.98. The van der Waals surface area contributed by atoms with Crippen molar-refractivity contribution in [3.63, 3.8) is 0 Å². The largest absolute Gasteiger partial charge is 0.506 e. The molecule has 1 heterocycles. The van der Waals surface area contributed by atoms with E-state index in [-0.39, 0.29) is 17.2 Å². The van der Waals surface area contributed by atoms with Gasteiger partial charge in [-0.2, -0.15) is 8.42 Å². The Balaban J connectivity index is 1.91. The van der Waals surface area contributed by atoms with E-state index < -0.39 is 32.7 Å². The zero-order valence-corrected chi connectivity index (χ0v) is 16.5. The number of hydrogen-bond acceptors (Lipinski definition) is 6. The number of nitrogens with zero attached hydrogens (tertiary/aromatic N) is 1. The number of carbonyl (C=O) groups excluding carboxylic acids is 1. The monoisotopic (exact) mass is 425 g/mol. The smallest absolute Gasteiger partial charge is 0.326 e. The minimum Gasteiger partial charge on any atom is -0.506 e. The van der Waals surface area contributed by atoms with Gasteiger partial charge in [0.05, 0.1) is 11.4 Å². The van der Waals surface area contributed by atoms with Gasteiger partial charge in [-0.1, -0.05) is 29.8 Å². The molecule has 0 unspecified atom stereocenters. The molecule has 0 saturated carbocycles. The molecule has 4 N–H and O–H groups in total. The summed E-state index contributed by atoms with van der Waals surface area (Å²) in [4.78, 5) is 11.4. The van der Waals surface area contributed by atoms with Gasteiger partial charge in [-0.25, -0.2) is 22.6 Å². The molecule has 28 heavy (non-hydrogen) atoms. The van der Waals surface area contributed by atoms with Crippen LogP contribution in [-0.4, -0.2) is 34.4 Å². The fourth-order valence-electron chi connectivity index (χ4n) is 3.05. The van der Waals surface area contributed by atoms with Crippen LogP contribution in [0.25, 0.3) is 0 Å². The highest BCUT2D eigenvalue weighted by Gasteiger charge is 2.35. The van der Waals surface area contributed by atoms with Gasteiger partial charge in [-0.05, 0) is 42.2 Å². The van der Waals surface area contributed by atoms with Crippen molar-refractivity contribution in [2.45, 2.75) is 19.1 Å². The maximum atomic E-state index is 11.9. The van der Waals surface area contributed by atoms with Crippen LogP contribution in [0.2, 0.25) is 0 Å². The maximum absolute atomic E-state index is 11.9. The third-order valence-corrected chi connectivity index (χ3v) is 6.35. The van der Waals surface area contributed by atoms with E-state index in [0.717, 1.165) is 15.4 Å². The Morgan fingerprint density at radius 2 is 1.89 bits per heavy atom. The first-order valence-electron chi connectivity index (χ1n) is 8.19. The van der Waals surface area contributed by atoms with Crippen molar-refractivity contribution in [1.82, 2.24) is 4.72 Å². The highest BCUT2D eigenvalue weighted by Crippen LogP contribution is 2.32. The molecule has 0 atom stereocenters. The normalized spacial score (nSPS) is 16.2. The second kappa shape index (κ2) is 7.08. The third kappa shape index (κ3) is 4.43. The molecule has 2 aromatic rings. The molecule has 0 radical (unpaired) electrons. The van der Waals surface area contributed by atoms with Crippen LogP contribution in [0.1, 0.15) is 22.3 Å². The minimum atomic E-state index is -4.02. The first-order chi connectivity index (χ1) is 12.9. The third-order valence-electron chi connectivity index (χ3n) is 4.24. The van der Waals surface area contributed by atoms with Crippen LogP contribution >= 0.6 is 0 Å². The van der Waals surface area contributed by atoms with Crippen molar-refractivity contribution < 1.29 is 26.7 Å². The van der Waals surface area contributed by atoms with Crippen molar-refractivity contribution >= 4 is 31.8 Å². The Hall–Kier alpha value is -2.63. The van der Waals surface area contributed by atoms with E-state index in [0.29, 0.717) is 17.5 Å². The Labute approximate surface area is 163 Å². The highest BCUT2D eigenvalue weighted by molar-refractivity contribution is 7.92. The Bertz CT molecular complexity index is 1160. The lowest BCUT2D eigenvalue weighted by Gasteiger charge is -2.17. The van der Waals surface area contributed by atoms with Gasteiger partial charge in [-0.15, -0.1) is 0 Å². The van der Waals surface area contributed by atoms with Crippen LogP contribution in [0.15, 0.2) is 36.4 Å². The molecule has 9 nitrogen and oxygen atoms in total. The topological polar surface area (TPSA) is 147 Å². The van der Waals surface area contributed by atoms with Crippen molar-refractivity contribution in [3.8, 4) is 5.75 Å². The zero-order chi connectivity index (χ0) is 20.7. The molecule has 0 aromatic heterocycles. The molecule has 1 aliphatic rings. The molecular formula is C17H19N3O6S2. The summed E-state index contributed by atoms with van der Waals surface area (Å²) < 4.78 is 49.5. The summed E-state index contributed by atoms with van der Waals surface area (Å²) in [5, 5.41) is 15.5. The Morgan fingerprint density at radius 1 is 1.18 bits per heavy atom. The molecule has 2 aromatic carbocycles. The first-order valence-corrected chi connectivity index (χ1v) is 11.3. The van der Waals surface area contributed by atoms with Crippen LogP contribution in [0.4, 0.5) is 5.69 Å². The summed E-state index contributed by atoms with van der Waals surface area (Å²) in [5.74, 6) is -1.30. The molecule has 1 saturated heterocycles. The summed E-state index contributed by atoms with van der Waals surface area (Å²) in [5.41, 5.74) is 2.78. The van der Waals surface area contributed by atoms with E-state index in [4.69, 9.17) is 5.14 Å². The van der Waals surface area contributed by atoms with Crippen molar-refractivity contribution in [2.24, 2.45) is 5.14 Å². The number of phenols is 1. The summed E-state index contributed by atoms with van der Waals surface area (Å²) in [6, 6.07) is 9.75. The van der Waals surface area contributed by atoms with Gasteiger partial charge in [-0.3, -0.25) is 4.79 Å². The number of aryl methyl sites for hydroxylation is 1. The number of aromatic hydroxyl groups is 1. The van der Waals surface area contributed by atoms with E-state index in [1.54, 1.807) is 18.2 Å². The van der Waals surface area contributed by atoms with Crippen molar-refractivity contribution in [1.29, 1.82) is 0 Å². The van der Waals surface area contributed by atoms with Gasteiger partial charge in [0.15, 0.2) is 0 Å². The van der Waals surface area contributed by atoms with Crippen LogP contribution in [0, 0.1) is 6.92 Å². The van der Waals surface area contributed by atoms with Gasteiger partial charge in [0, 0.05) is 0 Å². The van der Waals surface area contributed by atoms with E-state index in [1.165, 1.54) is 12.1 Å². The molecule has 150 valence electrons. The lowest BCUT2D eigenvalue weighted by Crippen LogP contribution is -2.29. The van der Waals surface area contributed by atoms with Crippen molar-refractivity contribution in [3.05, 3.63) is 58.7 Å². The van der Waals surface area contributed by atoms with E-state index in [2.05, 4.69) is 0 Å². The summed E-state index contributed by atoms with van der Waals surface area (Å²) in [7, 11) is -7.74. The quantitative estimate of drug-likeness (QED) is 0.626. The SMILES string of the molecule is Cc1ccc(Cc2ccc(N3CC(=O)NS3(=O)=O)c(O)c2)c(CS(N)(=O)=O)c1. The lowest BCUT2D eigenvalue weighted by molar-refractivity contribution is -0.117. The summed E-state index contributed by atoms with van der Waals surface area (Å²) in [6.45, 7) is 1.43. The average Bonchev–Trinajstić information content (AvgIpc) is 2.81. The number of nitrogens with two attached hydrogens (primary N) is 1. The number of anilines is 1. The summed E-state index contributed by atoms with van der Waals surface area (Å²) >= 11 is 0. The number of carbonyl (C=O) groups is 1.